The molecule has 0 amide bonds. The molecule has 0 bridgehead atoms. The summed E-state index contributed by atoms with van der Waals surface area (Å²) in [6.45, 7) is 5.07. The first-order chi connectivity index (χ1) is 6.67. The van der Waals surface area contributed by atoms with Crippen molar-refractivity contribution in [3.63, 3.8) is 0 Å². The van der Waals surface area contributed by atoms with Crippen LogP contribution in [0, 0.1) is 0 Å². The third-order valence-electron chi connectivity index (χ3n) is 1.88. The molecule has 78 valence electrons. The van der Waals surface area contributed by atoms with Crippen molar-refractivity contribution in [3.8, 4) is 0 Å². The predicted molar refractivity (Wildman–Crippen MR) is 63.0 cm³/mol. The summed E-state index contributed by atoms with van der Waals surface area (Å²) in [5, 5.41) is 6.50. The molecule has 0 fully saturated rings. The van der Waals surface area contributed by atoms with E-state index in [1.54, 1.807) is 11.3 Å². The summed E-state index contributed by atoms with van der Waals surface area (Å²) in [5.74, 6) is 0.569. The average molecular weight is 231 g/mol. The Hall–Kier alpha value is -0.380. The molecule has 0 aliphatic carbocycles. The minimum atomic E-state index is -0.0647. The molecule has 0 unspecified atom stereocenters. The van der Waals surface area contributed by atoms with E-state index in [1.807, 2.05) is 23.7 Å². The highest BCUT2D eigenvalue weighted by Crippen LogP contribution is 2.21. The van der Waals surface area contributed by atoms with E-state index in [2.05, 4.69) is 24.1 Å². The van der Waals surface area contributed by atoms with Crippen LogP contribution in [0.25, 0.3) is 0 Å². The molecule has 1 aromatic rings. The molecule has 0 atom stereocenters. The molecule has 1 heterocycles. The molecule has 14 heavy (non-hydrogen) atoms. The first kappa shape index (κ1) is 11.7. The fourth-order valence-electron chi connectivity index (χ4n) is 1.07. The summed E-state index contributed by atoms with van der Waals surface area (Å²) in [7, 11) is 0. The van der Waals surface area contributed by atoms with Gasteiger partial charge < -0.3 is 5.32 Å². The maximum absolute atomic E-state index is 5.53. The molecule has 1 N–H and O–H groups in total. The van der Waals surface area contributed by atoms with Crippen LogP contribution in [0.5, 0.6) is 0 Å². The minimum absolute atomic E-state index is 0.0647. The van der Waals surface area contributed by atoms with Crippen LogP contribution in [0.15, 0.2) is 23.7 Å². The van der Waals surface area contributed by atoms with Gasteiger partial charge in [0.2, 0.25) is 0 Å². The van der Waals surface area contributed by atoms with Crippen LogP contribution in [0.1, 0.15) is 18.9 Å². The zero-order valence-electron chi connectivity index (χ0n) is 8.46. The maximum Gasteiger partial charge on any atom is 0.112 e. The number of nitrogens with zero attached hydrogens (tertiary/aromatic N) is 1. The first-order valence-corrected chi connectivity index (χ1v) is 5.94. The molecular formula is C10H15ClN2S. The lowest BCUT2D eigenvalue weighted by atomic mass is 10.1. The van der Waals surface area contributed by atoms with Crippen molar-refractivity contribution in [3.05, 3.63) is 28.7 Å². The number of hydrogen-bond donors (Lipinski definition) is 1. The molecule has 2 nitrogen and oxygen atoms in total. The van der Waals surface area contributed by atoms with Gasteiger partial charge in [-0.1, -0.05) is 12.2 Å². The number of nitrogens with one attached hydrogen (secondary N) is 1. The number of thiazole rings is 1. The van der Waals surface area contributed by atoms with Gasteiger partial charge in [0.1, 0.15) is 5.01 Å². The number of allylic oxidation sites excluding steroid dienone is 1. The van der Waals surface area contributed by atoms with Crippen LogP contribution < -0.4 is 5.32 Å². The van der Waals surface area contributed by atoms with Crippen LogP contribution in [0.2, 0.25) is 0 Å². The highest BCUT2D eigenvalue weighted by Gasteiger charge is 2.21. The number of rotatable bonds is 5. The van der Waals surface area contributed by atoms with Gasteiger partial charge in [0.05, 0.1) is 5.54 Å². The second kappa shape index (κ2) is 5.49. The number of aromatic nitrogens is 1. The van der Waals surface area contributed by atoms with Crippen molar-refractivity contribution < 1.29 is 0 Å². The highest BCUT2D eigenvalue weighted by atomic mass is 35.5. The van der Waals surface area contributed by atoms with Crippen LogP contribution in [-0.2, 0) is 5.54 Å². The van der Waals surface area contributed by atoms with Gasteiger partial charge in [-0.3, -0.25) is 0 Å². The van der Waals surface area contributed by atoms with Crippen molar-refractivity contribution >= 4 is 22.9 Å². The average Bonchev–Trinajstić information content (AvgIpc) is 2.65. The van der Waals surface area contributed by atoms with Gasteiger partial charge in [-0.25, -0.2) is 4.98 Å². The van der Waals surface area contributed by atoms with E-state index in [1.165, 1.54) is 0 Å². The Morgan fingerprint density at radius 1 is 1.57 bits per heavy atom. The summed E-state index contributed by atoms with van der Waals surface area (Å²) >= 11 is 7.20. The standard InChI is InChI=1S/C10H15ClN2S/c1-10(2,9-12-7-8-14-9)13-6-4-3-5-11/h3-4,7-8,13H,5-6H2,1-2H3/b4-3+. The number of alkyl halides is 1. The molecule has 0 aliphatic heterocycles. The Labute approximate surface area is 94.0 Å². The normalized spacial score (nSPS) is 12.5. The van der Waals surface area contributed by atoms with Gasteiger partial charge in [0.25, 0.3) is 0 Å². The minimum Gasteiger partial charge on any atom is -0.302 e. The molecular weight excluding hydrogens is 216 g/mol. The lowest BCUT2D eigenvalue weighted by Crippen LogP contribution is -2.36. The Bertz CT molecular complexity index is 280. The van der Waals surface area contributed by atoms with E-state index in [0.29, 0.717) is 5.88 Å². The molecule has 1 rings (SSSR count). The summed E-state index contributed by atoms with van der Waals surface area (Å²) in [6, 6.07) is 0. The lowest BCUT2D eigenvalue weighted by Gasteiger charge is -2.22. The summed E-state index contributed by atoms with van der Waals surface area (Å²) < 4.78 is 0. The summed E-state index contributed by atoms with van der Waals surface area (Å²) in [6.07, 6.45) is 5.80. The molecule has 0 saturated heterocycles. The van der Waals surface area contributed by atoms with Crippen LogP contribution >= 0.6 is 22.9 Å². The smallest absolute Gasteiger partial charge is 0.112 e. The number of hydrogen-bond acceptors (Lipinski definition) is 3. The van der Waals surface area contributed by atoms with Gasteiger partial charge in [-0.15, -0.1) is 22.9 Å². The van der Waals surface area contributed by atoms with Crippen LogP contribution in [-0.4, -0.2) is 17.4 Å². The predicted octanol–water partition coefficient (Wildman–Crippen LogP) is 2.76. The van der Waals surface area contributed by atoms with Crippen molar-refractivity contribution in [1.82, 2.24) is 10.3 Å². The molecule has 0 radical (unpaired) electrons. The van der Waals surface area contributed by atoms with Crippen molar-refractivity contribution in [2.45, 2.75) is 19.4 Å². The summed E-state index contributed by atoms with van der Waals surface area (Å²) in [4.78, 5) is 4.29. The van der Waals surface area contributed by atoms with E-state index in [9.17, 15) is 0 Å². The second-order valence-corrected chi connectivity index (χ2v) is 4.67. The molecule has 0 aromatic carbocycles. The molecule has 0 saturated carbocycles. The maximum atomic E-state index is 5.53. The molecule has 1 aromatic heterocycles. The Balaban J connectivity index is 2.46. The Morgan fingerprint density at radius 3 is 2.93 bits per heavy atom. The Kier molecular flexibility index (Phi) is 4.58. The third kappa shape index (κ3) is 3.40. The first-order valence-electron chi connectivity index (χ1n) is 4.53. The summed E-state index contributed by atoms with van der Waals surface area (Å²) in [5.41, 5.74) is -0.0647. The lowest BCUT2D eigenvalue weighted by molar-refractivity contribution is 0.423. The largest absolute Gasteiger partial charge is 0.302 e. The van der Waals surface area contributed by atoms with Gasteiger partial charge in [0, 0.05) is 24.0 Å². The zero-order chi connectivity index (χ0) is 10.4. The van der Waals surface area contributed by atoms with Gasteiger partial charge >= 0.3 is 0 Å². The molecule has 0 aliphatic rings. The fraction of sp³-hybridized carbons (Fsp3) is 0.500. The molecule has 0 spiro atoms. The monoisotopic (exact) mass is 230 g/mol. The Morgan fingerprint density at radius 2 is 2.36 bits per heavy atom. The van der Waals surface area contributed by atoms with E-state index in [0.717, 1.165) is 11.6 Å². The number of halogens is 1. The van der Waals surface area contributed by atoms with Crippen molar-refractivity contribution in [2.24, 2.45) is 0 Å². The van der Waals surface area contributed by atoms with E-state index >= 15 is 0 Å². The quantitative estimate of drug-likeness (QED) is 0.622. The van der Waals surface area contributed by atoms with E-state index in [-0.39, 0.29) is 5.54 Å². The third-order valence-corrected chi connectivity index (χ3v) is 3.16. The van der Waals surface area contributed by atoms with E-state index in [4.69, 9.17) is 11.6 Å². The van der Waals surface area contributed by atoms with Crippen molar-refractivity contribution in [1.29, 1.82) is 0 Å². The van der Waals surface area contributed by atoms with E-state index < -0.39 is 0 Å². The fourth-order valence-corrected chi connectivity index (χ4v) is 1.93. The second-order valence-electron chi connectivity index (χ2n) is 3.47. The highest BCUT2D eigenvalue weighted by molar-refractivity contribution is 7.09. The van der Waals surface area contributed by atoms with Crippen LogP contribution in [0.3, 0.4) is 0 Å². The SMILES string of the molecule is CC(C)(NC/C=C/CCl)c1nccs1. The van der Waals surface area contributed by atoms with Gasteiger partial charge in [-0.05, 0) is 13.8 Å². The topological polar surface area (TPSA) is 24.9 Å². The van der Waals surface area contributed by atoms with Crippen molar-refractivity contribution in [2.75, 3.05) is 12.4 Å². The molecule has 4 heteroatoms. The zero-order valence-corrected chi connectivity index (χ0v) is 10.0. The van der Waals surface area contributed by atoms with Gasteiger partial charge in [0.15, 0.2) is 0 Å². The van der Waals surface area contributed by atoms with Crippen LogP contribution in [0.4, 0.5) is 0 Å². The van der Waals surface area contributed by atoms with Gasteiger partial charge in [-0.2, -0.15) is 0 Å².